The zero-order valence-corrected chi connectivity index (χ0v) is 25.0. The van der Waals surface area contributed by atoms with Crippen LogP contribution in [0.3, 0.4) is 0 Å². The molecule has 0 saturated carbocycles. The van der Waals surface area contributed by atoms with Crippen LogP contribution in [0.1, 0.15) is 43.9 Å². The number of aromatic nitrogens is 1. The molecule has 0 bridgehead atoms. The summed E-state index contributed by atoms with van der Waals surface area (Å²) in [7, 11) is 1.56. The summed E-state index contributed by atoms with van der Waals surface area (Å²) in [6.07, 6.45) is 2.05. The molecule has 222 valence electrons. The van der Waals surface area contributed by atoms with Gasteiger partial charge < -0.3 is 19.3 Å². The molecular formula is C33H31FN2O6S. The number of benzene rings is 3. The Labute approximate surface area is 251 Å². The molecule has 0 saturated heterocycles. The fourth-order valence-electron chi connectivity index (χ4n) is 5.40. The van der Waals surface area contributed by atoms with Crippen LogP contribution in [0.5, 0.6) is 17.2 Å². The van der Waals surface area contributed by atoms with E-state index in [1.807, 2.05) is 19.9 Å². The smallest absolute Gasteiger partial charge is 0.336 e. The molecule has 0 aliphatic carbocycles. The van der Waals surface area contributed by atoms with Gasteiger partial charge in [0, 0.05) is 0 Å². The van der Waals surface area contributed by atoms with E-state index in [-0.39, 0.29) is 23.6 Å². The summed E-state index contributed by atoms with van der Waals surface area (Å²) in [5.41, 5.74) is 0.941. The first-order chi connectivity index (χ1) is 20.7. The van der Waals surface area contributed by atoms with Crippen molar-refractivity contribution in [3.05, 3.63) is 120 Å². The molecule has 0 spiro atoms. The molecule has 1 unspecified atom stereocenters. The summed E-state index contributed by atoms with van der Waals surface area (Å²) >= 11 is 1.20. The van der Waals surface area contributed by atoms with Crippen LogP contribution in [0.4, 0.5) is 4.39 Å². The van der Waals surface area contributed by atoms with Crippen LogP contribution in [-0.2, 0) is 16.9 Å². The lowest BCUT2D eigenvalue weighted by molar-refractivity contribution is -0.133. The number of hydrogen-bond acceptors (Lipinski definition) is 7. The lowest BCUT2D eigenvalue weighted by Crippen LogP contribution is -2.52. The van der Waals surface area contributed by atoms with Gasteiger partial charge in [-0.25, -0.2) is 14.2 Å². The quantitative estimate of drug-likeness (QED) is 0.274. The standard InChI is InChI=1S/C33H31FN2O6S/c1-5-33(23-10-14-25(40-4)15-11-23)29(31(38)39)20(3)35-32-36(33)30(37)28(43-32)18-22-9-16-26(27(17-22)41-6-2)42-19-21-7-12-24(34)13-8-21/h7-18H,5-6,19H2,1-4H3,(H,38,39). The first-order valence-electron chi connectivity index (χ1n) is 13.8. The molecule has 1 aliphatic rings. The van der Waals surface area contributed by atoms with Crippen molar-refractivity contribution in [1.29, 1.82) is 0 Å². The van der Waals surface area contributed by atoms with Gasteiger partial charge in [-0.05, 0) is 79.4 Å². The molecule has 0 radical (unpaired) electrons. The average molecular weight is 603 g/mol. The number of aliphatic carboxylic acids is 1. The number of ether oxygens (including phenoxy) is 3. The molecule has 10 heteroatoms. The van der Waals surface area contributed by atoms with Gasteiger partial charge in [-0.1, -0.05) is 48.6 Å². The highest BCUT2D eigenvalue weighted by Gasteiger charge is 2.45. The van der Waals surface area contributed by atoms with Crippen molar-refractivity contribution in [2.24, 2.45) is 4.99 Å². The predicted octanol–water partition coefficient (Wildman–Crippen LogP) is 5.01. The second-order valence-electron chi connectivity index (χ2n) is 9.91. The Morgan fingerprint density at radius 2 is 1.77 bits per heavy atom. The Bertz CT molecular complexity index is 1880. The summed E-state index contributed by atoms with van der Waals surface area (Å²) in [5.74, 6) is 0.177. The average Bonchev–Trinajstić information content (AvgIpc) is 3.31. The zero-order valence-electron chi connectivity index (χ0n) is 24.2. The second-order valence-corrected chi connectivity index (χ2v) is 10.9. The SMILES string of the molecule is CCOc1cc(C=c2sc3n(c2=O)C(CC)(c2ccc(OC)cc2)C(C(=O)O)=C(C)N=3)ccc1OCc1ccc(F)cc1. The Kier molecular flexibility index (Phi) is 8.50. The molecular weight excluding hydrogens is 571 g/mol. The minimum atomic E-state index is -1.27. The number of allylic oxidation sites excluding steroid dienone is 1. The molecule has 1 aromatic heterocycles. The fraction of sp³-hybridized carbons (Fsp3) is 0.242. The molecule has 8 nitrogen and oxygen atoms in total. The number of carboxylic acid groups (broad SMARTS) is 1. The maximum atomic E-state index is 14.1. The first kappa shape index (κ1) is 29.8. The third-order valence-electron chi connectivity index (χ3n) is 7.39. The maximum absolute atomic E-state index is 14.1. The van der Waals surface area contributed by atoms with Gasteiger partial charge >= 0.3 is 5.97 Å². The lowest BCUT2D eigenvalue weighted by Gasteiger charge is -2.37. The van der Waals surface area contributed by atoms with Crippen LogP contribution in [0.15, 0.2) is 87.8 Å². The van der Waals surface area contributed by atoms with E-state index in [0.29, 0.717) is 56.4 Å². The Balaban J connectivity index is 1.60. The van der Waals surface area contributed by atoms with Gasteiger partial charge in [0.15, 0.2) is 16.3 Å². The number of nitrogens with zero attached hydrogens (tertiary/aromatic N) is 2. The van der Waals surface area contributed by atoms with E-state index < -0.39 is 11.5 Å². The number of fused-ring (bicyclic) bond motifs is 1. The Morgan fingerprint density at radius 1 is 1.05 bits per heavy atom. The number of methoxy groups -OCH3 is 1. The molecule has 0 fully saturated rings. The van der Waals surface area contributed by atoms with Gasteiger partial charge in [0.05, 0.1) is 29.5 Å². The number of carboxylic acids is 1. The van der Waals surface area contributed by atoms with E-state index in [4.69, 9.17) is 14.2 Å². The molecule has 1 aliphatic heterocycles. The third-order valence-corrected chi connectivity index (χ3v) is 8.36. The monoisotopic (exact) mass is 602 g/mol. The van der Waals surface area contributed by atoms with Gasteiger partial charge in [0.1, 0.15) is 23.7 Å². The maximum Gasteiger partial charge on any atom is 0.336 e. The van der Waals surface area contributed by atoms with E-state index in [2.05, 4.69) is 4.99 Å². The van der Waals surface area contributed by atoms with Crippen molar-refractivity contribution in [2.45, 2.75) is 39.3 Å². The van der Waals surface area contributed by atoms with Crippen molar-refractivity contribution in [3.63, 3.8) is 0 Å². The minimum absolute atomic E-state index is 0.0559. The normalized spacial score (nSPS) is 16.4. The van der Waals surface area contributed by atoms with Gasteiger partial charge in [-0.15, -0.1) is 0 Å². The van der Waals surface area contributed by atoms with Crippen molar-refractivity contribution >= 4 is 23.4 Å². The van der Waals surface area contributed by atoms with E-state index in [9.17, 15) is 19.1 Å². The third kappa shape index (κ3) is 5.58. The molecule has 4 aromatic rings. The van der Waals surface area contributed by atoms with Crippen LogP contribution in [0, 0.1) is 5.82 Å². The van der Waals surface area contributed by atoms with E-state index >= 15 is 0 Å². The van der Waals surface area contributed by atoms with Crippen molar-refractivity contribution < 1.29 is 28.5 Å². The van der Waals surface area contributed by atoms with E-state index in [0.717, 1.165) is 5.56 Å². The molecule has 5 rings (SSSR count). The summed E-state index contributed by atoms with van der Waals surface area (Å²) in [4.78, 5) is 31.7. The van der Waals surface area contributed by atoms with Gasteiger partial charge in [0.2, 0.25) is 0 Å². The van der Waals surface area contributed by atoms with Gasteiger partial charge in [-0.3, -0.25) is 9.36 Å². The lowest BCUT2D eigenvalue weighted by atomic mass is 9.78. The van der Waals surface area contributed by atoms with Gasteiger partial charge in [0.25, 0.3) is 5.56 Å². The molecule has 3 aromatic carbocycles. The van der Waals surface area contributed by atoms with Crippen LogP contribution in [-0.4, -0.2) is 29.4 Å². The van der Waals surface area contributed by atoms with Crippen LogP contribution >= 0.6 is 11.3 Å². The summed E-state index contributed by atoms with van der Waals surface area (Å²) < 4.78 is 32.3. The number of rotatable bonds is 10. The molecule has 2 heterocycles. The highest BCUT2D eigenvalue weighted by Crippen LogP contribution is 2.40. The highest BCUT2D eigenvalue weighted by atomic mass is 32.1. The van der Waals surface area contributed by atoms with Gasteiger partial charge in [-0.2, -0.15) is 0 Å². The largest absolute Gasteiger partial charge is 0.497 e. The first-order valence-corrected chi connectivity index (χ1v) is 14.6. The molecule has 0 amide bonds. The molecule has 1 atom stereocenters. The number of hydrogen-bond donors (Lipinski definition) is 1. The van der Waals surface area contributed by atoms with Crippen molar-refractivity contribution in [1.82, 2.24) is 4.57 Å². The Hall–Kier alpha value is -4.70. The number of halogens is 1. The summed E-state index contributed by atoms with van der Waals surface area (Å²) in [5, 5.41) is 10.3. The molecule has 43 heavy (non-hydrogen) atoms. The van der Waals surface area contributed by atoms with Crippen LogP contribution < -0.4 is 29.1 Å². The van der Waals surface area contributed by atoms with Crippen LogP contribution in [0.2, 0.25) is 0 Å². The number of thiazole rings is 1. The zero-order chi connectivity index (χ0) is 30.7. The van der Waals surface area contributed by atoms with E-state index in [1.165, 1.54) is 28.0 Å². The predicted molar refractivity (Wildman–Crippen MR) is 162 cm³/mol. The minimum Gasteiger partial charge on any atom is -0.497 e. The fourth-order valence-corrected chi connectivity index (χ4v) is 6.48. The Morgan fingerprint density at radius 3 is 2.40 bits per heavy atom. The van der Waals surface area contributed by atoms with Crippen molar-refractivity contribution in [3.8, 4) is 17.2 Å². The molecule has 1 N–H and O–H groups in total. The summed E-state index contributed by atoms with van der Waals surface area (Å²) in [6.45, 7) is 6.01. The van der Waals surface area contributed by atoms with E-state index in [1.54, 1.807) is 68.6 Å². The van der Waals surface area contributed by atoms with Crippen molar-refractivity contribution in [2.75, 3.05) is 13.7 Å². The highest BCUT2D eigenvalue weighted by molar-refractivity contribution is 7.07. The number of carbonyl (C=O) groups is 1. The summed E-state index contributed by atoms with van der Waals surface area (Å²) in [6, 6.07) is 18.5. The van der Waals surface area contributed by atoms with Crippen LogP contribution in [0.25, 0.3) is 6.08 Å². The topological polar surface area (TPSA) is 99.4 Å². The second kappa shape index (κ2) is 12.3.